The van der Waals surface area contributed by atoms with Crippen molar-refractivity contribution in [2.75, 3.05) is 5.32 Å². The van der Waals surface area contributed by atoms with Gasteiger partial charge in [0.25, 0.3) is 0 Å². The van der Waals surface area contributed by atoms with Crippen LogP contribution in [0.1, 0.15) is 5.56 Å². The molecule has 2 aromatic rings. The number of phenols is 1. The first-order valence-corrected chi connectivity index (χ1v) is 5.91. The van der Waals surface area contributed by atoms with Crippen molar-refractivity contribution in [1.82, 2.24) is 0 Å². The van der Waals surface area contributed by atoms with Gasteiger partial charge in [-0.15, -0.1) is 0 Å². The van der Waals surface area contributed by atoms with Crippen LogP contribution in [0.15, 0.2) is 60.2 Å². The van der Waals surface area contributed by atoms with Crippen LogP contribution < -0.4 is 5.32 Å². The Kier molecular flexibility index (Phi) is 4.01. The van der Waals surface area contributed by atoms with E-state index < -0.39 is 0 Å². The molecular weight excluding hydrogens is 250 g/mol. The van der Waals surface area contributed by atoms with E-state index in [0.29, 0.717) is 16.9 Å². The zero-order chi connectivity index (χ0) is 14.4. The van der Waals surface area contributed by atoms with Crippen LogP contribution in [0.4, 0.5) is 5.69 Å². The Morgan fingerprint density at radius 2 is 1.50 bits per heavy atom. The average molecular weight is 261 g/mol. The lowest BCUT2D eigenvalue weighted by atomic mass is 10.1. The van der Waals surface area contributed by atoms with Gasteiger partial charge < -0.3 is 10.4 Å². The molecule has 0 bridgehead atoms. The molecule has 20 heavy (non-hydrogen) atoms. The largest absolute Gasteiger partial charge is 0.506 e. The van der Waals surface area contributed by atoms with Gasteiger partial charge in [-0.3, -0.25) is 0 Å². The fourth-order valence-electron chi connectivity index (χ4n) is 1.73. The number of nitrogens with zero attached hydrogens (tertiary/aromatic N) is 2. The van der Waals surface area contributed by atoms with Gasteiger partial charge in [0.2, 0.25) is 0 Å². The number of hydrogen-bond acceptors (Lipinski definition) is 4. The molecule has 0 aliphatic heterocycles. The summed E-state index contributed by atoms with van der Waals surface area (Å²) < 4.78 is 0. The molecule has 0 radical (unpaired) electrons. The van der Waals surface area contributed by atoms with Gasteiger partial charge in [-0.05, 0) is 12.1 Å². The fourth-order valence-corrected chi connectivity index (χ4v) is 1.73. The van der Waals surface area contributed by atoms with Crippen LogP contribution in [0.5, 0.6) is 5.75 Å². The van der Waals surface area contributed by atoms with E-state index in [1.807, 2.05) is 30.3 Å². The highest BCUT2D eigenvalue weighted by Crippen LogP contribution is 2.27. The molecule has 0 saturated heterocycles. The Morgan fingerprint density at radius 1 is 0.900 bits per heavy atom. The predicted molar refractivity (Wildman–Crippen MR) is 76.3 cm³/mol. The summed E-state index contributed by atoms with van der Waals surface area (Å²) in [6, 6.07) is 19.4. The van der Waals surface area contributed by atoms with Gasteiger partial charge in [0.05, 0.1) is 11.4 Å². The Hall–Kier alpha value is -3.24. The zero-order valence-corrected chi connectivity index (χ0v) is 10.5. The number of hydrogen-bond donors (Lipinski definition) is 2. The smallest absolute Gasteiger partial charge is 0.153 e. The molecule has 96 valence electrons. The summed E-state index contributed by atoms with van der Waals surface area (Å²) in [5, 5.41) is 30.9. The summed E-state index contributed by atoms with van der Waals surface area (Å²) in [5.41, 5.74) is 1.47. The van der Waals surface area contributed by atoms with Gasteiger partial charge in [-0.2, -0.15) is 10.5 Å². The van der Waals surface area contributed by atoms with Crippen LogP contribution in [-0.2, 0) is 0 Å². The third kappa shape index (κ3) is 2.77. The molecule has 0 heterocycles. The Bertz CT molecular complexity index is 705. The van der Waals surface area contributed by atoms with Crippen molar-refractivity contribution < 1.29 is 5.11 Å². The molecule has 0 saturated carbocycles. The molecule has 0 atom stereocenters. The van der Waals surface area contributed by atoms with Crippen molar-refractivity contribution >= 4 is 11.4 Å². The summed E-state index contributed by atoms with van der Waals surface area (Å²) in [5.74, 6) is 0.0520. The quantitative estimate of drug-likeness (QED) is 0.656. The van der Waals surface area contributed by atoms with Crippen LogP contribution in [0.3, 0.4) is 0 Å². The number of anilines is 1. The molecule has 2 N–H and O–H groups in total. The van der Waals surface area contributed by atoms with Crippen LogP contribution in [-0.4, -0.2) is 5.11 Å². The first kappa shape index (κ1) is 13.2. The third-order valence-electron chi connectivity index (χ3n) is 2.70. The molecule has 0 fully saturated rings. The van der Waals surface area contributed by atoms with Crippen molar-refractivity contribution in [1.29, 1.82) is 10.5 Å². The first-order valence-electron chi connectivity index (χ1n) is 5.91. The minimum absolute atomic E-state index is 0.0422. The Labute approximate surface area is 116 Å². The standard InChI is InChI=1S/C16H11N3O/c17-10-13(11-18)16(12-6-2-1-3-7-12)19-14-8-4-5-9-15(14)20/h1-9,19-20H. The van der Waals surface area contributed by atoms with E-state index in [4.69, 9.17) is 10.5 Å². The monoisotopic (exact) mass is 261 g/mol. The molecule has 0 aliphatic carbocycles. The fraction of sp³-hybridized carbons (Fsp3) is 0. The Morgan fingerprint density at radius 3 is 2.10 bits per heavy atom. The summed E-state index contributed by atoms with van der Waals surface area (Å²) in [7, 11) is 0. The van der Waals surface area contributed by atoms with E-state index in [1.165, 1.54) is 6.07 Å². The molecule has 0 unspecified atom stereocenters. The van der Waals surface area contributed by atoms with Gasteiger partial charge in [-0.25, -0.2) is 0 Å². The normalized spacial score (nSPS) is 9.10. The maximum atomic E-state index is 9.78. The maximum absolute atomic E-state index is 9.78. The number of nitrogens with one attached hydrogen (secondary N) is 1. The minimum Gasteiger partial charge on any atom is -0.506 e. The lowest BCUT2D eigenvalue weighted by Crippen LogP contribution is -2.02. The molecule has 4 nitrogen and oxygen atoms in total. The predicted octanol–water partition coefficient (Wildman–Crippen LogP) is 3.26. The molecule has 2 rings (SSSR count). The lowest BCUT2D eigenvalue weighted by molar-refractivity contribution is 0.478. The van der Waals surface area contributed by atoms with Crippen LogP contribution >= 0.6 is 0 Å². The summed E-state index contributed by atoms with van der Waals surface area (Å²) in [6.45, 7) is 0. The van der Waals surface area contributed by atoms with Gasteiger partial charge in [0, 0.05) is 5.56 Å². The number of benzene rings is 2. The molecule has 0 aromatic heterocycles. The average Bonchev–Trinajstić information content (AvgIpc) is 2.50. The summed E-state index contributed by atoms with van der Waals surface area (Å²) in [4.78, 5) is 0. The molecule has 0 amide bonds. The molecule has 2 aromatic carbocycles. The minimum atomic E-state index is -0.0422. The summed E-state index contributed by atoms with van der Waals surface area (Å²) >= 11 is 0. The number of aromatic hydroxyl groups is 1. The van der Waals surface area contributed by atoms with E-state index in [-0.39, 0.29) is 11.3 Å². The van der Waals surface area contributed by atoms with Crippen molar-refractivity contribution in [3.63, 3.8) is 0 Å². The molecule has 4 heteroatoms. The maximum Gasteiger partial charge on any atom is 0.153 e. The summed E-state index contributed by atoms with van der Waals surface area (Å²) in [6.07, 6.45) is 0. The van der Waals surface area contributed by atoms with Crippen LogP contribution in [0.2, 0.25) is 0 Å². The number of rotatable bonds is 3. The van der Waals surface area contributed by atoms with E-state index >= 15 is 0 Å². The van der Waals surface area contributed by atoms with Gasteiger partial charge in [0.15, 0.2) is 5.57 Å². The number of allylic oxidation sites excluding steroid dienone is 1. The lowest BCUT2D eigenvalue weighted by Gasteiger charge is -2.12. The highest BCUT2D eigenvalue weighted by atomic mass is 16.3. The second-order valence-electron chi connectivity index (χ2n) is 3.98. The number of nitriles is 2. The second kappa shape index (κ2) is 6.08. The van der Waals surface area contributed by atoms with Crippen molar-refractivity contribution in [3.05, 3.63) is 65.7 Å². The number of phenolic OH excluding ortho intramolecular Hbond substituents is 1. The van der Waals surface area contributed by atoms with Gasteiger partial charge in [0.1, 0.15) is 17.9 Å². The van der Waals surface area contributed by atoms with E-state index in [0.717, 1.165) is 0 Å². The van der Waals surface area contributed by atoms with Crippen molar-refractivity contribution in [2.24, 2.45) is 0 Å². The van der Waals surface area contributed by atoms with Crippen molar-refractivity contribution in [3.8, 4) is 17.9 Å². The zero-order valence-electron chi connectivity index (χ0n) is 10.5. The highest BCUT2D eigenvalue weighted by molar-refractivity contribution is 5.84. The van der Waals surface area contributed by atoms with E-state index in [1.54, 1.807) is 30.3 Å². The van der Waals surface area contributed by atoms with E-state index in [2.05, 4.69) is 5.32 Å². The van der Waals surface area contributed by atoms with Crippen molar-refractivity contribution in [2.45, 2.75) is 0 Å². The topological polar surface area (TPSA) is 79.8 Å². The Balaban J connectivity index is 2.51. The SMILES string of the molecule is N#CC(C#N)=C(Nc1ccccc1O)c1ccccc1. The highest BCUT2D eigenvalue weighted by Gasteiger charge is 2.11. The van der Waals surface area contributed by atoms with Crippen LogP contribution in [0.25, 0.3) is 5.70 Å². The van der Waals surface area contributed by atoms with E-state index in [9.17, 15) is 5.11 Å². The third-order valence-corrected chi connectivity index (χ3v) is 2.70. The van der Waals surface area contributed by atoms with Gasteiger partial charge >= 0.3 is 0 Å². The number of para-hydroxylation sites is 2. The van der Waals surface area contributed by atoms with Crippen LogP contribution in [0, 0.1) is 22.7 Å². The molecular formula is C16H11N3O. The first-order chi connectivity index (χ1) is 9.76. The van der Waals surface area contributed by atoms with Gasteiger partial charge in [-0.1, -0.05) is 42.5 Å². The molecule has 0 aliphatic rings. The molecule has 0 spiro atoms. The second-order valence-corrected chi connectivity index (χ2v) is 3.98.